The van der Waals surface area contributed by atoms with Crippen LogP contribution in [0.25, 0.3) is 6.08 Å². The zero-order valence-electron chi connectivity index (χ0n) is 30.5. The predicted octanol–water partition coefficient (Wildman–Crippen LogP) is 0.168. The number of allylic oxidation sites excluding steroid dienone is 2. The van der Waals surface area contributed by atoms with Crippen LogP contribution in [0.5, 0.6) is 5.75 Å². The second-order valence-corrected chi connectivity index (χ2v) is 14.1. The largest absolute Gasteiger partial charge is 0.508 e. The number of hydrogen-bond acceptors (Lipinski definition) is 16. The number of carbonyl (C=O) groups excluding carboxylic acids is 1. The molecule has 16 heteroatoms. The lowest BCUT2D eigenvalue weighted by molar-refractivity contribution is -0.362. The Bertz CT molecular complexity index is 1400. The Balaban J connectivity index is 1.50. The van der Waals surface area contributed by atoms with Gasteiger partial charge in [-0.25, -0.2) is 4.79 Å². The molecule has 0 bridgehead atoms. The van der Waals surface area contributed by atoms with E-state index in [1.807, 2.05) is 19.9 Å². The van der Waals surface area contributed by atoms with Gasteiger partial charge in [-0.3, -0.25) is 0 Å². The summed E-state index contributed by atoms with van der Waals surface area (Å²) in [5.74, 6) is -0.826. The predicted molar refractivity (Wildman–Crippen MR) is 186 cm³/mol. The van der Waals surface area contributed by atoms with Gasteiger partial charge in [0.15, 0.2) is 25.0 Å². The molecule has 3 fully saturated rings. The lowest BCUT2D eigenvalue weighted by atomic mass is 9.96. The van der Waals surface area contributed by atoms with Crippen LogP contribution >= 0.6 is 0 Å². The number of phenolic OH excluding ortho intramolecular Hbond substituents is 1. The van der Waals surface area contributed by atoms with Gasteiger partial charge in [0.25, 0.3) is 0 Å². The number of rotatable bonds is 14. The fourth-order valence-electron chi connectivity index (χ4n) is 6.11. The zero-order chi connectivity index (χ0) is 39.2. The van der Waals surface area contributed by atoms with Gasteiger partial charge >= 0.3 is 5.97 Å². The summed E-state index contributed by atoms with van der Waals surface area (Å²) in [7, 11) is 0. The molecule has 0 spiro atoms. The molecule has 3 aliphatic rings. The Morgan fingerprint density at radius 3 is 2.08 bits per heavy atom. The van der Waals surface area contributed by atoms with Crippen molar-refractivity contribution >= 4 is 12.0 Å². The van der Waals surface area contributed by atoms with E-state index >= 15 is 0 Å². The van der Waals surface area contributed by atoms with E-state index in [1.54, 1.807) is 25.1 Å². The minimum Gasteiger partial charge on any atom is -0.508 e. The topological polar surface area (TPSA) is 244 Å². The average Bonchev–Trinajstić information content (AvgIpc) is 3.12. The number of phenols is 1. The molecule has 53 heavy (non-hydrogen) atoms. The number of aliphatic hydroxyl groups excluding tert-OH is 7. The zero-order valence-corrected chi connectivity index (χ0v) is 30.5. The van der Waals surface area contributed by atoms with Crippen LogP contribution in [0.4, 0.5) is 0 Å². The Morgan fingerprint density at radius 2 is 1.43 bits per heavy atom. The number of esters is 1. The summed E-state index contributed by atoms with van der Waals surface area (Å²) in [6.07, 6.45) is -15.1. The Kier molecular flexibility index (Phi) is 15.1. The fourth-order valence-corrected chi connectivity index (χ4v) is 6.11. The second-order valence-electron chi connectivity index (χ2n) is 14.1. The molecular formula is C37H54O16. The number of aromatic hydroxyl groups is 1. The van der Waals surface area contributed by atoms with Gasteiger partial charge in [0, 0.05) is 6.08 Å². The molecule has 3 heterocycles. The van der Waals surface area contributed by atoms with Crippen molar-refractivity contribution in [3.63, 3.8) is 0 Å². The molecule has 16 nitrogen and oxygen atoms in total. The molecule has 0 radical (unpaired) electrons. The standard InChI is InChI=1S/C37H54O16/c1-7-37(6,16-8-9-18(2)3)53-36-30(45)28(43)26(41)23(50-36)17-47-34-31(46)33(52-35-29(44)27(42)25(40)19(4)48-35)32(20(5)49-34)51-24(39)15-12-21-10-13-22(38)14-11-21/h7,9-15,19-20,23,25-36,38,40-46H,1,8,16-17H2,2-6H3/b15-12-/t19-,20+,23+,25-,26+,27+,28-,29-,30+,31+,32-,33-,34+,35+,36-,37-/m0/s1. The number of benzene rings is 1. The molecule has 1 aromatic carbocycles. The first-order valence-electron chi connectivity index (χ1n) is 17.6. The quantitative estimate of drug-likeness (QED) is 0.0717. The lowest BCUT2D eigenvalue weighted by Crippen LogP contribution is -2.64. The van der Waals surface area contributed by atoms with Crippen LogP contribution in [-0.4, -0.2) is 151 Å². The molecule has 4 rings (SSSR count). The van der Waals surface area contributed by atoms with Crippen molar-refractivity contribution in [3.05, 3.63) is 60.2 Å². The van der Waals surface area contributed by atoms with E-state index < -0.39 is 110 Å². The van der Waals surface area contributed by atoms with Gasteiger partial charge in [0.05, 0.1) is 24.4 Å². The molecule has 3 saturated heterocycles. The van der Waals surface area contributed by atoms with Crippen molar-refractivity contribution in [2.75, 3.05) is 6.61 Å². The van der Waals surface area contributed by atoms with Crippen molar-refractivity contribution in [2.45, 2.75) is 145 Å². The van der Waals surface area contributed by atoms with E-state index in [-0.39, 0.29) is 5.75 Å². The Morgan fingerprint density at radius 1 is 0.811 bits per heavy atom. The third-order valence-electron chi connectivity index (χ3n) is 9.51. The maximum absolute atomic E-state index is 13.0. The van der Waals surface area contributed by atoms with E-state index in [9.17, 15) is 45.6 Å². The van der Waals surface area contributed by atoms with Crippen LogP contribution in [-0.2, 0) is 38.0 Å². The van der Waals surface area contributed by atoms with Gasteiger partial charge in [-0.2, -0.15) is 0 Å². The lowest BCUT2D eigenvalue weighted by Gasteiger charge is -2.47. The van der Waals surface area contributed by atoms with Crippen molar-refractivity contribution in [2.24, 2.45) is 0 Å². The van der Waals surface area contributed by atoms with Gasteiger partial charge in [-0.1, -0.05) is 29.9 Å². The molecule has 1 aromatic rings. The highest BCUT2D eigenvalue weighted by Gasteiger charge is 2.52. The van der Waals surface area contributed by atoms with Gasteiger partial charge in [0.2, 0.25) is 0 Å². The third-order valence-corrected chi connectivity index (χ3v) is 9.51. The van der Waals surface area contributed by atoms with E-state index in [1.165, 1.54) is 32.1 Å². The average molecular weight is 755 g/mol. The van der Waals surface area contributed by atoms with Crippen molar-refractivity contribution in [1.29, 1.82) is 0 Å². The van der Waals surface area contributed by atoms with Crippen molar-refractivity contribution in [3.8, 4) is 5.75 Å². The first kappa shape index (κ1) is 42.9. The first-order valence-corrected chi connectivity index (χ1v) is 17.6. The van der Waals surface area contributed by atoms with Crippen LogP contribution in [0.1, 0.15) is 53.0 Å². The highest BCUT2D eigenvalue weighted by molar-refractivity contribution is 5.87. The highest BCUT2D eigenvalue weighted by Crippen LogP contribution is 2.33. The number of hydrogen-bond donors (Lipinski definition) is 8. The fraction of sp³-hybridized carbons (Fsp3) is 0.649. The second kappa shape index (κ2) is 18.7. The minimum absolute atomic E-state index is 0.0376. The molecule has 0 saturated carbocycles. The summed E-state index contributed by atoms with van der Waals surface area (Å²) in [6.45, 7) is 11.9. The third kappa shape index (κ3) is 10.9. The van der Waals surface area contributed by atoms with Crippen LogP contribution in [0.3, 0.4) is 0 Å². The van der Waals surface area contributed by atoms with Crippen LogP contribution in [0, 0.1) is 0 Å². The van der Waals surface area contributed by atoms with E-state index in [0.717, 1.165) is 11.6 Å². The monoisotopic (exact) mass is 754 g/mol. The minimum atomic E-state index is -1.77. The van der Waals surface area contributed by atoms with Gasteiger partial charge in [-0.15, -0.1) is 6.58 Å². The number of aliphatic hydroxyl groups is 7. The van der Waals surface area contributed by atoms with E-state index in [2.05, 4.69) is 6.58 Å². The molecule has 3 aliphatic heterocycles. The molecule has 8 N–H and O–H groups in total. The molecule has 16 atom stereocenters. The van der Waals surface area contributed by atoms with Gasteiger partial charge in [-0.05, 0) is 71.2 Å². The summed E-state index contributed by atoms with van der Waals surface area (Å²) >= 11 is 0. The van der Waals surface area contributed by atoms with Crippen LogP contribution in [0.2, 0.25) is 0 Å². The van der Waals surface area contributed by atoms with E-state index in [4.69, 9.17) is 33.2 Å². The van der Waals surface area contributed by atoms with Gasteiger partial charge < -0.3 is 74.0 Å². The SMILES string of the molecule is C=C[C@@](C)(CCC=C(C)C)O[C@@H]1O[C@H](CO[C@@H]2O[C@H](C)[C@H](OC(=O)/C=C\c3ccc(O)cc3)[C@@H](O[C@H]3O[C@@H](C)[C@H](O)[C@@H](O)[C@@H]3O)[C@H]2O)[C@@H](O)[C@H](O)[C@H]1O. The molecule has 0 aliphatic carbocycles. The molecule has 298 valence electrons. The summed E-state index contributed by atoms with van der Waals surface area (Å²) in [6, 6.07) is 6.00. The van der Waals surface area contributed by atoms with Gasteiger partial charge in [0.1, 0.15) is 60.7 Å². The smallest absolute Gasteiger partial charge is 0.331 e. The first-order chi connectivity index (χ1) is 24.9. The summed E-state index contributed by atoms with van der Waals surface area (Å²) in [5.41, 5.74) is 0.701. The molecule has 0 aromatic heterocycles. The molecule has 0 amide bonds. The summed E-state index contributed by atoms with van der Waals surface area (Å²) in [4.78, 5) is 13.0. The number of carbonyl (C=O) groups is 1. The summed E-state index contributed by atoms with van der Waals surface area (Å²) in [5, 5.41) is 84.5. The Hall–Kier alpha value is -2.81. The molecule has 0 unspecified atom stereocenters. The maximum atomic E-state index is 13.0. The maximum Gasteiger partial charge on any atom is 0.331 e. The van der Waals surface area contributed by atoms with Crippen LogP contribution < -0.4 is 0 Å². The van der Waals surface area contributed by atoms with Crippen molar-refractivity contribution in [1.82, 2.24) is 0 Å². The Labute approximate surface area is 308 Å². The van der Waals surface area contributed by atoms with Crippen LogP contribution in [0.15, 0.2) is 54.6 Å². The summed E-state index contributed by atoms with van der Waals surface area (Å²) < 4.78 is 40.8. The van der Waals surface area contributed by atoms with E-state index in [0.29, 0.717) is 18.4 Å². The highest BCUT2D eigenvalue weighted by atomic mass is 16.8. The normalized spacial score (nSPS) is 38.9. The number of ether oxygens (including phenoxy) is 7. The molecular weight excluding hydrogens is 700 g/mol. The van der Waals surface area contributed by atoms with Crippen molar-refractivity contribution < 1.29 is 78.8 Å².